The van der Waals surface area contributed by atoms with Gasteiger partial charge in [0.15, 0.2) is 0 Å². The normalized spacial score (nSPS) is 26.0. The molecule has 1 amide bonds. The van der Waals surface area contributed by atoms with Gasteiger partial charge >= 0.3 is 0 Å². The summed E-state index contributed by atoms with van der Waals surface area (Å²) < 4.78 is 0. The van der Waals surface area contributed by atoms with Crippen LogP contribution in [0.4, 0.5) is 5.69 Å². The van der Waals surface area contributed by atoms with Gasteiger partial charge in [-0.15, -0.1) is 0 Å². The average Bonchev–Trinajstić information content (AvgIpc) is 3.01. The van der Waals surface area contributed by atoms with Gasteiger partial charge in [0.2, 0.25) is 5.91 Å². The number of primary amides is 1. The quantitative estimate of drug-likeness (QED) is 0.894. The average molecular weight is 287 g/mol. The standard InChI is InChI=1S/C17H25N3O/c1-12-10-14(6-7-15(12)17(18)21)20-9-3-4-13(11-20)16-5-2-8-19-16/h6-7,10,13,16,19H,2-5,8-9,11H2,1H3,(H2,18,21). The Morgan fingerprint density at radius 2 is 2.19 bits per heavy atom. The molecule has 1 aromatic rings. The molecule has 4 heteroatoms. The molecule has 2 aliphatic heterocycles. The summed E-state index contributed by atoms with van der Waals surface area (Å²) in [5, 5.41) is 3.65. The van der Waals surface area contributed by atoms with E-state index in [0.29, 0.717) is 11.6 Å². The highest BCUT2D eigenvalue weighted by Gasteiger charge is 2.29. The van der Waals surface area contributed by atoms with E-state index in [2.05, 4.69) is 16.3 Å². The zero-order valence-electron chi connectivity index (χ0n) is 12.8. The second-order valence-electron chi connectivity index (χ2n) is 6.41. The van der Waals surface area contributed by atoms with Crippen LogP contribution >= 0.6 is 0 Å². The van der Waals surface area contributed by atoms with Gasteiger partial charge in [-0.3, -0.25) is 4.79 Å². The molecule has 114 valence electrons. The molecule has 2 atom stereocenters. The summed E-state index contributed by atoms with van der Waals surface area (Å²) in [5.41, 5.74) is 8.21. The molecule has 2 fully saturated rings. The highest BCUT2D eigenvalue weighted by Crippen LogP contribution is 2.29. The fourth-order valence-corrected chi connectivity index (χ4v) is 3.81. The van der Waals surface area contributed by atoms with E-state index in [9.17, 15) is 4.79 Å². The van der Waals surface area contributed by atoms with Gasteiger partial charge in [-0.05, 0) is 68.8 Å². The second kappa shape index (κ2) is 6.06. The predicted octanol–water partition coefficient (Wildman–Crippen LogP) is 2.06. The van der Waals surface area contributed by atoms with Crippen LogP contribution in [0.3, 0.4) is 0 Å². The molecule has 0 saturated carbocycles. The minimum Gasteiger partial charge on any atom is -0.371 e. The molecule has 4 nitrogen and oxygen atoms in total. The molecular formula is C17H25N3O. The largest absolute Gasteiger partial charge is 0.371 e. The molecule has 0 radical (unpaired) electrons. The van der Waals surface area contributed by atoms with Crippen molar-refractivity contribution in [2.24, 2.45) is 11.7 Å². The van der Waals surface area contributed by atoms with Crippen LogP contribution in [0.25, 0.3) is 0 Å². The molecule has 0 aromatic heterocycles. The van der Waals surface area contributed by atoms with Crippen LogP contribution < -0.4 is 16.0 Å². The second-order valence-corrected chi connectivity index (χ2v) is 6.41. The molecule has 0 aliphatic carbocycles. The number of carbonyl (C=O) groups is 1. The fraction of sp³-hybridized carbons (Fsp3) is 0.588. The van der Waals surface area contributed by atoms with E-state index < -0.39 is 0 Å². The van der Waals surface area contributed by atoms with Crippen molar-refractivity contribution in [2.45, 2.75) is 38.6 Å². The zero-order valence-corrected chi connectivity index (χ0v) is 12.8. The number of hydrogen-bond donors (Lipinski definition) is 2. The maximum Gasteiger partial charge on any atom is 0.248 e. The highest BCUT2D eigenvalue weighted by atomic mass is 16.1. The molecule has 3 rings (SSSR count). The molecule has 2 saturated heterocycles. The number of aryl methyl sites for hydroxylation is 1. The van der Waals surface area contributed by atoms with E-state index in [0.717, 1.165) is 24.6 Å². The Hall–Kier alpha value is -1.55. The lowest BCUT2D eigenvalue weighted by Crippen LogP contribution is -2.43. The van der Waals surface area contributed by atoms with Crippen molar-refractivity contribution in [3.8, 4) is 0 Å². The number of nitrogens with zero attached hydrogens (tertiary/aromatic N) is 1. The third-order valence-corrected chi connectivity index (χ3v) is 4.97. The van der Waals surface area contributed by atoms with Gasteiger partial charge in [-0.25, -0.2) is 0 Å². The van der Waals surface area contributed by atoms with Crippen molar-refractivity contribution >= 4 is 11.6 Å². The summed E-state index contributed by atoms with van der Waals surface area (Å²) in [6.07, 6.45) is 5.21. The molecule has 3 N–H and O–H groups in total. The minimum atomic E-state index is -0.342. The Morgan fingerprint density at radius 3 is 2.86 bits per heavy atom. The minimum absolute atomic E-state index is 0.342. The molecule has 0 spiro atoms. The first-order chi connectivity index (χ1) is 10.1. The van der Waals surface area contributed by atoms with Crippen LogP contribution in [0.5, 0.6) is 0 Å². The molecule has 2 aliphatic rings. The van der Waals surface area contributed by atoms with Gasteiger partial charge in [-0.1, -0.05) is 0 Å². The maximum absolute atomic E-state index is 11.3. The van der Waals surface area contributed by atoms with Crippen LogP contribution in [0.2, 0.25) is 0 Å². The summed E-state index contributed by atoms with van der Waals surface area (Å²) in [5.74, 6) is 0.406. The highest BCUT2D eigenvalue weighted by molar-refractivity contribution is 5.94. The number of hydrogen-bond acceptors (Lipinski definition) is 3. The Labute approximate surface area is 126 Å². The van der Waals surface area contributed by atoms with Gasteiger partial charge in [-0.2, -0.15) is 0 Å². The number of amides is 1. The Kier molecular flexibility index (Phi) is 4.15. The summed E-state index contributed by atoms with van der Waals surface area (Å²) >= 11 is 0. The topological polar surface area (TPSA) is 58.4 Å². The molecule has 2 heterocycles. The third kappa shape index (κ3) is 3.05. The van der Waals surface area contributed by atoms with Crippen molar-refractivity contribution in [3.05, 3.63) is 29.3 Å². The van der Waals surface area contributed by atoms with Crippen molar-refractivity contribution in [3.63, 3.8) is 0 Å². The number of anilines is 1. The number of carbonyl (C=O) groups excluding carboxylic acids is 1. The fourth-order valence-electron chi connectivity index (χ4n) is 3.81. The van der Waals surface area contributed by atoms with E-state index in [-0.39, 0.29) is 5.91 Å². The van der Waals surface area contributed by atoms with Crippen LogP contribution in [0.15, 0.2) is 18.2 Å². The number of rotatable bonds is 3. The van der Waals surface area contributed by atoms with Crippen molar-refractivity contribution in [1.82, 2.24) is 5.32 Å². The van der Waals surface area contributed by atoms with Crippen LogP contribution in [-0.4, -0.2) is 31.6 Å². The molecular weight excluding hydrogens is 262 g/mol. The van der Waals surface area contributed by atoms with Gasteiger partial charge in [0.1, 0.15) is 0 Å². The zero-order chi connectivity index (χ0) is 14.8. The van der Waals surface area contributed by atoms with E-state index >= 15 is 0 Å². The first-order valence-corrected chi connectivity index (χ1v) is 8.04. The summed E-state index contributed by atoms with van der Waals surface area (Å²) in [4.78, 5) is 13.8. The monoisotopic (exact) mass is 287 g/mol. The molecule has 2 unspecified atom stereocenters. The van der Waals surface area contributed by atoms with Crippen LogP contribution in [0, 0.1) is 12.8 Å². The van der Waals surface area contributed by atoms with Crippen molar-refractivity contribution in [1.29, 1.82) is 0 Å². The van der Waals surface area contributed by atoms with Crippen molar-refractivity contribution in [2.75, 3.05) is 24.5 Å². The predicted molar refractivity (Wildman–Crippen MR) is 85.7 cm³/mol. The number of benzene rings is 1. The lowest BCUT2D eigenvalue weighted by atomic mass is 9.89. The maximum atomic E-state index is 11.3. The number of nitrogens with two attached hydrogens (primary N) is 1. The van der Waals surface area contributed by atoms with Crippen LogP contribution in [-0.2, 0) is 0 Å². The summed E-state index contributed by atoms with van der Waals surface area (Å²) in [6.45, 7) is 5.36. The summed E-state index contributed by atoms with van der Waals surface area (Å²) in [6, 6.07) is 6.70. The summed E-state index contributed by atoms with van der Waals surface area (Å²) in [7, 11) is 0. The molecule has 1 aromatic carbocycles. The van der Waals surface area contributed by atoms with E-state index in [1.165, 1.54) is 37.9 Å². The Balaban J connectivity index is 1.73. The van der Waals surface area contributed by atoms with E-state index in [1.54, 1.807) is 0 Å². The number of nitrogens with one attached hydrogen (secondary N) is 1. The first kappa shape index (κ1) is 14.4. The third-order valence-electron chi connectivity index (χ3n) is 4.97. The van der Waals surface area contributed by atoms with Gasteiger partial charge < -0.3 is 16.0 Å². The smallest absolute Gasteiger partial charge is 0.248 e. The first-order valence-electron chi connectivity index (χ1n) is 8.04. The SMILES string of the molecule is Cc1cc(N2CCCC(C3CCCN3)C2)ccc1C(N)=O. The van der Waals surface area contributed by atoms with Gasteiger partial charge in [0.25, 0.3) is 0 Å². The van der Waals surface area contributed by atoms with Crippen LogP contribution in [0.1, 0.15) is 41.6 Å². The molecule has 0 bridgehead atoms. The Morgan fingerprint density at radius 1 is 1.33 bits per heavy atom. The van der Waals surface area contributed by atoms with Crippen molar-refractivity contribution < 1.29 is 4.79 Å². The lowest BCUT2D eigenvalue weighted by molar-refractivity contribution is 0.0999. The Bertz CT molecular complexity index is 523. The van der Waals surface area contributed by atoms with E-state index in [4.69, 9.17) is 5.73 Å². The van der Waals surface area contributed by atoms with Gasteiger partial charge in [0.05, 0.1) is 0 Å². The number of piperidine rings is 1. The molecule has 21 heavy (non-hydrogen) atoms. The van der Waals surface area contributed by atoms with Gasteiger partial charge in [0, 0.05) is 30.4 Å². The van der Waals surface area contributed by atoms with E-state index in [1.807, 2.05) is 19.1 Å². The lowest BCUT2D eigenvalue weighted by Gasteiger charge is -2.37.